The van der Waals surface area contributed by atoms with Crippen molar-refractivity contribution >= 4 is 40.7 Å². The molecule has 5 heteroatoms. The van der Waals surface area contributed by atoms with Crippen LogP contribution in [0.2, 0.25) is 10.0 Å². The maximum Gasteiger partial charge on any atom is 0.253 e. The fourth-order valence-corrected chi connectivity index (χ4v) is 2.56. The summed E-state index contributed by atoms with van der Waals surface area (Å²) in [6.07, 6.45) is 0.661. The normalized spacial score (nSPS) is 12.0. The first-order valence-corrected chi connectivity index (χ1v) is 7.75. The lowest BCUT2D eigenvalue weighted by atomic mass is 10.1. The van der Waals surface area contributed by atoms with Crippen LogP contribution in [0.1, 0.15) is 15.9 Å². The van der Waals surface area contributed by atoms with Crippen molar-refractivity contribution in [3.05, 3.63) is 69.7 Å². The van der Waals surface area contributed by atoms with Gasteiger partial charge in [-0.1, -0.05) is 59.6 Å². The highest BCUT2D eigenvalue weighted by molar-refractivity contribution is 6.43. The summed E-state index contributed by atoms with van der Waals surface area (Å²) in [5.74, 6) is 0.0443. The Hall–Kier alpha value is -1.22. The largest absolute Gasteiger partial charge is 0.348 e. The Kier molecular flexibility index (Phi) is 5.92. The standard InChI is InChI=1S/C16H14Cl3NO/c17-10-12(9-11-5-2-1-3-6-11)20-16(21)13-7-4-8-14(18)15(13)19/h1-8,12H,9-10H2,(H,20,21). The van der Waals surface area contributed by atoms with Crippen LogP contribution in [-0.2, 0) is 6.42 Å². The van der Waals surface area contributed by atoms with Gasteiger partial charge in [0.1, 0.15) is 0 Å². The van der Waals surface area contributed by atoms with E-state index in [9.17, 15) is 4.79 Å². The zero-order valence-electron chi connectivity index (χ0n) is 11.2. The zero-order valence-corrected chi connectivity index (χ0v) is 13.4. The van der Waals surface area contributed by atoms with Gasteiger partial charge in [0, 0.05) is 11.9 Å². The number of carbonyl (C=O) groups is 1. The minimum Gasteiger partial charge on any atom is -0.348 e. The smallest absolute Gasteiger partial charge is 0.253 e. The number of nitrogens with one attached hydrogen (secondary N) is 1. The summed E-state index contributed by atoms with van der Waals surface area (Å²) >= 11 is 17.9. The van der Waals surface area contributed by atoms with Gasteiger partial charge in [-0.25, -0.2) is 0 Å². The lowest BCUT2D eigenvalue weighted by Gasteiger charge is -2.17. The van der Waals surface area contributed by atoms with Crippen molar-refractivity contribution in [2.45, 2.75) is 12.5 Å². The number of carbonyl (C=O) groups excluding carboxylic acids is 1. The second-order valence-corrected chi connectivity index (χ2v) is 5.71. The Balaban J connectivity index is 2.08. The number of hydrogen-bond acceptors (Lipinski definition) is 1. The fourth-order valence-electron chi connectivity index (χ4n) is 1.99. The summed E-state index contributed by atoms with van der Waals surface area (Å²) in [5, 5.41) is 3.50. The van der Waals surface area contributed by atoms with Crippen molar-refractivity contribution in [2.75, 3.05) is 5.88 Å². The van der Waals surface area contributed by atoms with E-state index < -0.39 is 0 Å². The van der Waals surface area contributed by atoms with Gasteiger partial charge >= 0.3 is 0 Å². The molecule has 1 N–H and O–H groups in total. The maximum atomic E-state index is 12.3. The molecule has 0 aliphatic carbocycles. The highest BCUT2D eigenvalue weighted by Crippen LogP contribution is 2.25. The molecule has 110 valence electrons. The van der Waals surface area contributed by atoms with Crippen molar-refractivity contribution in [3.8, 4) is 0 Å². The number of hydrogen-bond donors (Lipinski definition) is 1. The molecule has 2 aromatic rings. The van der Waals surface area contributed by atoms with Crippen molar-refractivity contribution in [2.24, 2.45) is 0 Å². The lowest BCUT2D eigenvalue weighted by Crippen LogP contribution is -2.37. The average molecular weight is 343 g/mol. The van der Waals surface area contributed by atoms with E-state index in [0.717, 1.165) is 5.56 Å². The van der Waals surface area contributed by atoms with Crippen molar-refractivity contribution in [3.63, 3.8) is 0 Å². The van der Waals surface area contributed by atoms with E-state index in [4.69, 9.17) is 34.8 Å². The molecule has 1 amide bonds. The topological polar surface area (TPSA) is 29.1 Å². The van der Waals surface area contributed by atoms with E-state index in [0.29, 0.717) is 22.9 Å². The molecule has 0 aliphatic rings. The molecule has 0 aliphatic heterocycles. The van der Waals surface area contributed by atoms with Crippen LogP contribution in [0, 0.1) is 0 Å². The van der Waals surface area contributed by atoms with Gasteiger partial charge in [-0.2, -0.15) is 0 Å². The molecular formula is C16H14Cl3NO. The molecule has 0 bridgehead atoms. The van der Waals surface area contributed by atoms with E-state index >= 15 is 0 Å². The quantitative estimate of drug-likeness (QED) is 0.792. The Morgan fingerprint density at radius 2 is 1.76 bits per heavy atom. The monoisotopic (exact) mass is 341 g/mol. The zero-order chi connectivity index (χ0) is 15.2. The molecule has 0 radical (unpaired) electrons. The first-order valence-electron chi connectivity index (χ1n) is 6.46. The molecule has 0 heterocycles. The summed E-state index contributed by atoms with van der Waals surface area (Å²) in [6.45, 7) is 0. The summed E-state index contributed by atoms with van der Waals surface area (Å²) in [5.41, 5.74) is 1.47. The van der Waals surface area contributed by atoms with Gasteiger partial charge in [-0.3, -0.25) is 4.79 Å². The Morgan fingerprint density at radius 3 is 2.43 bits per heavy atom. The summed E-state index contributed by atoms with van der Waals surface area (Å²) in [7, 11) is 0. The van der Waals surface area contributed by atoms with Gasteiger partial charge in [0.15, 0.2) is 0 Å². The van der Waals surface area contributed by atoms with Crippen molar-refractivity contribution < 1.29 is 4.79 Å². The molecule has 2 rings (SSSR count). The Labute approximate surface area is 139 Å². The maximum absolute atomic E-state index is 12.3. The SMILES string of the molecule is O=C(NC(CCl)Cc1ccccc1)c1cccc(Cl)c1Cl. The minimum absolute atomic E-state index is 0.170. The van der Waals surface area contributed by atoms with Gasteiger partial charge in [0.2, 0.25) is 0 Å². The second kappa shape index (κ2) is 7.69. The molecule has 0 saturated carbocycles. The first kappa shape index (κ1) is 16.2. The van der Waals surface area contributed by atoms with Crippen LogP contribution in [0.4, 0.5) is 0 Å². The molecule has 21 heavy (non-hydrogen) atoms. The van der Waals surface area contributed by atoms with E-state index in [1.54, 1.807) is 18.2 Å². The van der Waals surface area contributed by atoms with E-state index in [-0.39, 0.29) is 17.0 Å². The van der Waals surface area contributed by atoms with Crippen LogP contribution in [0.3, 0.4) is 0 Å². The average Bonchev–Trinajstić information content (AvgIpc) is 2.50. The number of halogens is 3. The van der Waals surface area contributed by atoms with Crippen LogP contribution in [-0.4, -0.2) is 17.8 Å². The lowest BCUT2D eigenvalue weighted by molar-refractivity contribution is 0.0940. The molecule has 0 saturated heterocycles. The third-order valence-corrected chi connectivity index (χ3v) is 4.23. The number of benzene rings is 2. The van der Waals surface area contributed by atoms with Gasteiger partial charge in [0.25, 0.3) is 5.91 Å². The third kappa shape index (κ3) is 4.37. The predicted octanol–water partition coefficient (Wildman–Crippen LogP) is 4.57. The molecule has 2 aromatic carbocycles. The van der Waals surface area contributed by atoms with Crippen LogP contribution < -0.4 is 5.32 Å². The minimum atomic E-state index is -0.274. The fraction of sp³-hybridized carbons (Fsp3) is 0.188. The van der Waals surface area contributed by atoms with Gasteiger partial charge in [0.05, 0.1) is 15.6 Å². The van der Waals surface area contributed by atoms with Crippen LogP contribution in [0.5, 0.6) is 0 Å². The van der Waals surface area contributed by atoms with Crippen LogP contribution in [0.15, 0.2) is 48.5 Å². The van der Waals surface area contributed by atoms with Gasteiger partial charge < -0.3 is 5.32 Å². The first-order chi connectivity index (χ1) is 10.1. The highest BCUT2D eigenvalue weighted by atomic mass is 35.5. The van der Waals surface area contributed by atoms with E-state index in [1.165, 1.54) is 0 Å². The van der Waals surface area contributed by atoms with Gasteiger partial charge in [-0.15, -0.1) is 11.6 Å². The van der Waals surface area contributed by atoms with Crippen LogP contribution in [0.25, 0.3) is 0 Å². The molecule has 0 spiro atoms. The van der Waals surface area contributed by atoms with E-state index in [1.807, 2.05) is 30.3 Å². The summed E-state index contributed by atoms with van der Waals surface area (Å²) < 4.78 is 0. The Bertz CT molecular complexity index is 616. The molecule has 0 aromatic heterocycles. The van der Waals surface area contributed by atoms with E-state index in [2.05, 4.69) is 5.32 Å². The predicted molar refractivity (Wildman–Crippen MR) is 88.6 cm³/mol. The van der Waals surface area contributed by atoms with Crippen molar-refractivity contribution in [1.29, 1.82) is 0 Å². The number of rotatable bonds is 5. The Morgan fingerprint density at radius 1 is 1.05 bits per heavy atom. The van der Waals surface area contributed by atoms with Gasteiger partial charge in [-0.05, 0) is 24.1 Å². The molecule has 0 fully saturated rings. The number of amides is 1. The summed E-state index contributed by atoms with van der Waals surface area (Å²) in [4.78, 5) is 12.3. The van der Waals surface area contributed by atoms with Crippen molar-refractivity contribution in [1.82, 2.24) is 5.32 Å². The highest BCUT2D eigenvalue weighted by Gasteiger charge is 2.17. The second-order valence-electron chi connectivity index (χ2n) is 4.62. The molecule has 1 atom stereocenters. The number of alkyl halides is 1. The summed E-state index contributed by atoms with van der Waals surface area (Å²) in [6, 6.07) is 14.7. The van der Waals surface area contributed by atoms with Crippen LogP contribution >= 0.6 is 34.8 Å². The third-order valence-electron chi connectivity index (χ3n) is 3.04. The molecule has 1 unspecified atom stereocenters. The molecular weight excluding hydrogens is 329 g/mol. The molecule has 2 nitrogen and oxygen atoms in total.